The fourth-order valence-electron chi connectivity index (χ4n) is 2.28. The molecule has 1 atom stereocenters. The van der Waals surface area contributed by atoms with Gasteiger partial charge in [-0.1, -0.05) is 53.9 Å². The number of hydrogen-bond acceptors (Lipinski definition) is 2. The standard InChI is InChI=1S/C17H36N2O/c1-7-10-11-12-17(5,6)13-18-14(4)16(20)19-15(8-2)9-3/h14-15,18H,7-13H2,1-6H3,(H,19,20). The third-order valence-corrected chi connectivity index (χ3v) is 4.07. The number of amides is 1. The predicted molar refractivity (Wildman–Crippen MR) is 87.9 cm³/mol. The van der Waals surface area contributed by atoms with E-state index in [2.05, 4.69) is 45.3 Å². The van der Waals surface area contributed by atoms with Crippen molar-refractivity contribution in [2.45, 2.75) is 92.2 Å². The van der Waals surface area contributed by atoms with Crippen LogP contribution in [0.5, 0.6) is 0 Å². The van der Waals surface area contributed by atoms with Crippen LogP contribution in [0.1, 0.15) is 80.1 Å². The van der Waals surface area contributed by atoms with Crippen molar-refractivity contribution in [2.75, 3.05) is 6.54 Å². The van der Waals surface area contributed by atoms with Gasteiger partial charge in [0.2, 0.25) is 5.91 Å². The molecule has 0 aliphatic carbocycles. The first-order valence-corrected chi connectivity index (χ1v) is 8.40. The zero-order valence-corrected chi connectivity index (χ0v) is 14.5. The lowest BCUT2D eigenvalue weighted by Crippen LogP contribution is -2.48. The van der Waals surface area contributed by atoms with E-state index in [4.69, 9.17) is 0 Å². The van der Waals surface area contributed by atoms with Crippen LogP contribution in [-0.4, -0.2) is 24.5 Å². The molecule has 0 fully saturated rings. The van der Waals surface area contributed by atoms with Crippen molar-refractivity contribution >= 4 is 5.91 Å². The maximum atomic E-state index is 12.1. The summed E-state index contributed by atoms with van der Waals surface area (Å²) in [5.41, 5.74) is 0.263. The summed E-state index contributed by atoms with van der Waals surface area (Å²) in [5, 5.41) is 6.49. The summed E-state index contributed by atoms with van der Waals surface area (Å²) in [7, 11) is 0. The van der Waals surface area contributed by atoms with E-state index in [9.17, 15) is 4.79 Å². The van der Waals surface area contributed by atoms with Crippen molar-refractivity contribution in [2.24, 2.45) is 5.41 Å². The van der Waals surface area contributed by atoms with E-state index in [1.54, 1.807) is 0 Å². The van der Waals surface area contributed by atoms with Gasteiger partial charge in [-0.2, -0.15) is 0 Å². The molecule has 0 saturated carbocycles. The number of carbonyl (C=O) groups is 1. The number of nitrogens with one attached hydrogen (secondary N) is 2. The van der Waals surface area contributed by atoms with Gasteiger partial charge in [0.25, 0.3) is 0 Å². The zero-order valence-electron chi connectivity index (χ0n) is 14.5. The third kappa shape index (κ3) is 8.57. The summed E-state index contributed by atoms with van der Waals surface area (Å²) in [6.45, 7) is 13.9. The number of rotatable bonds is 11. The van der Waals surface area contributed by atoms with Gasteiger partial charge < -0.3 is 10.6 Å². The highest BCUT2D eigenvalue weighted by atomic mass is 16.2. The van der Waals surface area contributed by atoms with E-state index in [0.29, 0.717) is 6.04 Å². The van der Waals surface area contributed by atoms with Gasteiger partial charge in [-0.25, -0.2) is 0 Å². The van der Waals surface area contributed by atoms with Gasteiger partial charge in [0.05, 0.1) is 6.04 Å². The molecule has 0 heterocycles. The Kier molecular flexibility index (Phi) is 9.91. The molecule has 0 aromatic carbocycles. The molecule has 0 aliphatic heterocycles. The Balaban J connectivity index is 4.06. The van der Waals surface area contributed by atoms with Gasteiger partial charge in [-0.05, 0) is 31.6 Å². The minimum absolute atomic E-state index is 0.110. The van der Waals surface area contributed by atoms with Crippen LogP contribution in [0.3, 0.4) is 0 Å². The first kappa shape index (κ1) is 19.4. The molecule has 3 nitrogen and oxygen atoms in total. The van der Waals surface area contributed by atoms with E-state index >= 15 is 0 Å². The first-order chi connectivity index (χ1) is 9.36. The van der Waals surface area contributed by atoms with Crippen LogP contribution < -0.4 is 10.6 Å². The van der Waals surface area contributed by atoms with Crippen molar-refractivity contribution in [3.8, 4) is 0 Å². The zero-order chi connectivity index (χ0) is 15.6. The lowest BCUT2D eigenvalue weighted by Gasteiger charge is -2.27. The highest BCUT2D eigenvalue weighted by Crippen LogP contribution is 2.22. The molecule has 20 heavy (non-hydrogen) atoms. The lowest BCUT2D eigenvalue weighted by atomic mass is 9.86. The molecular weight excluding hydrogens is 248 g/mol. The monoisotopic (exact) mass is 284 g/mol. The SMILES string of the molecule is CCCCCC(C)(C)CNC(C)C(=O)NC(CC)CC. The van der Waals surface area contributed by atoms with Crippen molar-refractivity contribution in [1.29, 1.82) is 0 Å². The molecule has 0 aromatic heterocycles. The molecule has 0 aromatic rings. The minimum Gasteiger partial charge on any atom is -0.352 e. The van der Waals surface area contributed by atoms with Crippen LogP contribution in [0.2, 0.25) is 0 Å². The summed E-state index contributed by atoms with van der Waals surface area (Å²) in [6.07, 6.45) is 7.05. The predicted octanol–water partition coefficient (Wildman–Crippen LogP) is 3.88. The maximum Gasteiger partial charge on any atom is 0.237 e. The molecule has 0 bridgehead atoms. The van der Waals surface area contributed by atoms with Gasteiger partial charge in [-0.3, -0.25) is 4.79 Å². The van der Waals surface area contributed by atoms with Crippen LogP contribution in [0, 0.1) is 5.41 Å². The molecule has 0 radical (unpaired) electrons. The fourth-order valence-corrected chi connectivity index (χ4v) is 2.28. The Morgan fingerprint density at radius 3 is 2.20 bits per heavy atom. The van der Waals surface area contributed by atoms with Crippen molar-refractivity contribution in [1.82, 2.24) is 10.6 Å². The first-order valence-electron chi connectivity index (χ1n) is 8.40. The number of carbonyl (C=O) groups excluding carboxylic acids is 1. The lowest BCUT2D eigenvalue weighted by molar-refractivity contribution is -0.123. The molecule has 1 amide bonds. The van der Waals surface area contributed by atoms with E-state index in [-0.39, 0.29) is 17.4 Å². The van der Waals surface area contributed by atoms with Crippen LogP contribution in [-0.2, 0) is 4.79 Å². The van der Waals surface area contributed by atoms with Crippen LogP contribution in [0.15, 0.2) is 0 Å². The van der Waals surface area contributed by atoms with E-state index in [1.807, 2.05) is 6.92 Å². The van der Waals surface area contributed by atoms with Gasteiger partial charge in [-0.15, -0.1) is 0 Å². The molecule has 3 heteroatoms. The molecule has 0 saturated heterocycles. The maximum absolute atomic E-state index is 12.1. The normalized spacial score (nSPS) is 13.6. The van der Waals surface area contributed by atoms with E-state index in [0.717, 1.165) is 19.4 Å². The molecule has 1 unspecified atom stereocenters. The molecular formula is C17H36N2O. The quantitative estimate of drug-likeness (QED) is 0.565. The summed E-state index contributed by atoms with van der Waals surface area (Å²) in [4.78, 5) is 12.1. The molecule has 0 aliphatic rings. The van der Waals surface area contributed by atoms with Gasteiger partial charge in [0.15, 0.2) is 0 Å². The number of unbranched alkanes of at least 4 members (excludes halogenated alkanes) is 2. The Labute approximate surface area is 126 Å². The second kappa shape index (κ2) is 10.2. The van der Waals surface area contributed by atoms with E-state index in [1.165, 1.54) is 25.7 Å². The summed E-state index contributed by atoms with van der Waals surface area (Å²) >= 11 is 0. The van der Waals surface area contributed by atoms with Crippen LogP contribution in [0.25, 0.3) is 0 Å². The highest BCUT2D eigenvalue weighted by Gasteiger charge is 2.21. The summed E-state index contributed by atoms with van der Waals surface area (Å²) < 4.78 is 0. The Morgan fingerprint density at radius 1 is 1.10 bits per heavy atom. The smallest absolute Gasteiger partial charge is 0.237 e. The second-order valence-electron chi connectivity index (χ2n) is 6.75. The summed E-state index contributed by atoms with van der Waals surface area (Å²) in [6, 6.07) is 0.199. The van der Waals surface area contributed by atoms with Crippen LogP contribution in [0.4, 0.5) is 0 Å². The van der Waals surface area contributed by atoms with Crippen molar-refractivity contribution in [3.05, 3.63) is 0 Å². The van der Waals surface area contributed by atoms with Gasteiger partial charge in [0, 0.05) is 12.6 Å². The Bertz CT molecular complexity index is 260. The van der Waals surface area contributed by atoms with Crippen molar-refractivity contribution in [3.63, 3.8) is 0 Å². The molecule has 2 N–H and O–H groups in total. The Morgan fingerprint density at radius 2 is 1.70 bits per heavy atom. The average molecular weight is 284 g/mol. The van der Waals surface area contributed by atoms with Crippen LogP contribution >= 0.6 is 0 Å². The molecule has 0 spiro atoms. The second-order valence-corrected chi connectivity index (χ2v) is 6.75. The third-order valence-electron chi connectivity index (χ3n) is 4.07. The Hall–Kier alpha value is -0.570. The fraction of sp³-hybridized carbons (Fsp3) is 0.941. The largest absolute Gasteiger partial charge is 0.352 e. The van der Waals surface area contributed by atoms with Crippen molar-refractivity contribution < 1.29 is 4.79 Å². The molecule has 120 valence electrons. The summed E-state index contributed by atoms with van der Waals surface area (Å²) in [5.74, 6) is 0.128. The topological polar surface area (TPSA) is 41.1 Å². The van der Waals surface area contributed by atoms with Gasteiger partial charge >= 0.3 is 0 Å². The minimum atomic E-state index is -0.110. The van der Waals surface area contributed by atoms with E-state index < -0.39 is 0 Å². The van der Waals surface area contributed by atoms with Gasteiger partial charge in [0.1, 0.15) is 0 Å². The molecule has 0 rings (SSSR count). The number of hydrogen-bond donors (Lipinski definition) is 2. The average Bonchev–Trinajstić information content (AvgIpc) is 2.42. The highest BCUT2D eigenvalue weighted by molar-refractivity contribution is 5.81.